The Bertz CT molecular complexity index is 309. The van der Waals surface area contributed by atoms with Crippen molar-refractivity contribution in [2.45, 2.75) is 24.3 Å². The number of rotatable bonds is 2. The molecule has 72 valence electrons. The number of benzene rings is 1. The molecular formula is C9H12FNOS. The van der Waals surface area contributed by atoms with Gasteiger partial charge in [-0.3, -0.25) is 5.14 Å². The van der Waals surface area contributed by atoms with Crippen LogP contribution in [-0.2, 0) is 5.60 Å². The number of hydrogen-bond acceptors (Lipinski definition) is 3. The zero-order valence-electron chi connectivity index (χ0n) is 7.54. The van der Waals surface area contributed by atoms with Crippen LogP contribution >= 0.6 is 11.9 Å². The van der Waals surface area contributed by atoms with Gasteiger partial charge in [-0.15, -0.1) is 0 Å². The van der Waals surface area contributed by atoms with E-state index in [1.807, 2.05) is 0 Å². The lowest BCUT2D eigenvalue weighted by molar-refractivity contribution is 0.0780. The first-order chi connectivity index (χ1) is 5.93. The minimum atomic E-state index is -1.04. The number of hydrogen-bond donors (Lipinski definition) is 2. The Morgan fingerprint density at radius 1 is 1.38 bits per heavy atom. The van der Waals surface area contributed by atoms with Crippen LogP contribution < -0.4 is 5.14 Å². The van der Waals surface area contributed by atoms with Gasteiger partial charge in [0.1, 0.15) is 5.82 Å². The minimum Gasteiger partial charge on any atom is -0.386 e. The van der Waals surface area contributed by atoms with Gasteiger partial charge in [0, 0.05) is 4.90 Å². The molecule has 0 aliphatic rings. The fraction of sp³-hybridized carbons (Fsp3) is 0.333. The van der Waals surface area contributed by atoms with Gasteiger partial charge in [0.2, 0.25) is 0 Å². The third-order valence-corrected chi connectivity index (χ3v) is 2.22. The molecule has 0 bridgehead atoms. The summed E-state index contributed by atoms with van der Waals surface area (Å²) in [5.74, 6) is -0.382. The van der Waals surface area contributed by atoms with E-state index in [1.165, 1.54) is 12.1 Å². The summed E-state index contributed by atoms with van der Waals surface area (Å²) in [5, 5.41) is 14.9. The van der Waals surface area contributed by atoms with Crippen molar-refractivity contribution < 1.29 is 9.50 Å². The predicted octanol–water partition coefficient (Wildman–Crippen LogP) is 2.02. The zero-order valence-corrected chi connectivity index (χ0v) is 8.36. The molecule has 1 rings (SSSR count). The Balaban J connectivity index is 3.16. The van der Waals surface area contributed by atoms with E-state index in [0.29, 0.717) is 10.5 Å². The van der Waals surface area contributed by atoms with Crippen LogP contribution in [0.15, 0.2) is 23.1 Å². The molecule has 0 saturated carbocycles. The van der Waals surface area contributed by atoms with Gasteiger partial charge < -0.3 is 5.11 Å². The van der Waals surface area contributed by atoms with Crippen LogP contribution in [-0.4, -0.2) is 5.11 Å². The predicted molar refractivity (Wildman–Crippen MR) is 51.7 cm³/mol. The van der Waals surface area contributed by atoms with Gasteiger partial charge in [0.05, 0.1) is 5.60 Å². The van der Waals surface area contributed by atoms with Crippen molar-refractivity contribution in [3.8, 4) is 0 Å². The van der Waals surface area contributed by atoms with Gasteiger partial charge in [0.25, 0.3) is 0 Å². The summed E-state index contributed by atoms with van der Waals surface area (Å²) in [4.78, 5) is 0.608. The Hall–Kier alpha value is -0.580. The Labute approximate surface area is 81.1 Å². The number of aliphatic hydroxyl groups is 1. The summed E-state index contributed by atoms with van der Waals surface area (Å²) < 4.78 is 13.0. The van der Waals surface area contributed by atoms with Crippen molar-refractivity contribution in [2.75, 3.05) is 0 Å². The third kappa shape index (κ3) is 2.69. The van der Waals surface area contributed by atoms with Crippen LogP contribution in [0.1, 0.15) is 19.4 Å². The Morgan fingerprint density at radius 3 is 2.46 bits per heavy atom. The van der Waals surface area contributed by atoms with E-state index in [4.69, 9.17) is 5.14 Å². The van der Waals surface area contributed by atoms with E-state index in [1.54, 1.807) is 19.9 Å². The van der Waals surface area contributed by atoms with Crippen LogP contribution in [0.4, 0.5) is 4.39 Å². The molecule has 0 radical (unpaired) electrons. The lowest BCUT2D eigenvalue weighted by Crippen LogP contribution is -2.15. The van der Waals surface area contributed by atoms with Crippen LogP contribution in [0.25, 0.3) is 0 Å². The molecule has 0 aromatic heterocycles. The lowest BCUT2D eigenvalue weighted by Gasteiger charge is -2.18. The Kier molecular flexibility index (Phi) is 2.95. The molecule has 0 fully saturated rings. The average Bonchev–Trinajstić information content (AvgIpc) is 2.01. The molecule has 0 unspecified atom stereocenters. The highest BCUT2D eigenvalue weighted by Gasteiger charge is 2.17. The molecule has 2 nitrogen and oxygen atoms in total. The van der Waals surface area contributed by atoms with Crippen molar-refractivity contribution >= 4 is 11.9 Å². The summed E-state index contributed by atoms with van der Waals surface area (Å²) >= 11 is 0.962. The standard InChI is InChI=1S/C9H12FNOS/c1-9(2,12)6-3-7(10)5-8(4-6)13-11/h3-5,12H,11H2,1-2H3. The number of halogens is 1. The molecule has 0 aliphatic carbocycles. The van der Waals surface area contributed by atoms with Gasteiger partial charge >= 0.3 is 0 Å². The second-order valence-electron chi connectivity index (χ2n) is 3.35. The maximum Gasteiger partial charge on any atom is 0.124 e. The maximum atomic E-state index is 13.0. The first-order valence-electron chi connectivity index (χ1n) is 3.83. The van der Waals surface area contributed by atoms with E-state index in [-0.39, 0.29) is 5.82 Å². The third-order valence-electron chi connectivity index (χ3n) is 1.71. The van der Waals surface area contributed by atoms with Crippen LogP contribution in [0.5, 0.6) is 0 Å². The molecule has 0 atom stereocenters. The quantitative estimate of drug-likeness (QED) is 0.719. The molecule has 1 aromatic carbocycles. The smallest absolute Gasteiger partial charge is 0.124 e. The highest BCUT2D eigenvalue weighted by molar-refractivity contribution is 7.97. The molecule has 13 heavy (non-hydrogen) atoms. The monoisotopic (exact) mass is 201 g/mol. The molecule has 0 amide bonds. The van der Waals surface area contributed by atoms with E-state index >= 15 is 0 Å². The molecule has 1 aromatic rings. The number of nitrogens with two attached hydrogens (primary N) is 1. The van der Waals surface area contributed by atoms with E-state index < -0.39 is 5.60 Å². The summed E-state index contributed by atoms with van der Waals surface area (Å²) in [6, 6.07) is 4.31. The van der Waals surface area contributed by atoms with Crippen LogP contribution in [0, 0.1) is 5.82 Å². The lowest BCUT2D eigenvalue weighted by atomic mass is 9.99. The summed E-state index contributed by atoms with van der Waals surface area (Å²) in [6.07, 6.45) is 0. The first-order valence-corrected chi connectivity index (χ1v) is 4.71. The maximum absolute atomic E-state index is 13.0. The minimum absolute atomic E-state index is 0.382. The molecule has 0 spiro atoms. The SMILES string of the molecule is CC(C)(O)c1cc(F)cc(SN)c1. The van der Waals surface area contributed by atoms with E-state index in [2.05, 4.69) is 0 Å². The van der Waals surface area contributed by atoms with Gasteiger partial charge in [-0.2, -0.15) is 0 Å². The second-order valence-corrected chi connectivity index (χ2v) is 4.06. The molecule has 0 saturated heterocycles. The topological polar surface area (TPSA) is 46.2 Å². The molecule has 0 heterocycles. The largest absolute Gasteiger partial charge is 0.386 e. The van der Waals surface area contributed by atoms with Gasteiger partial charge in [-0.1, -0.05) is 0 Å². The van der Waals surface area contributed by atoms with Gasteiger partial charge in [-0.25, -0.2) is 4.39 Å². The highest BCUT2D eigenvalue weighted by Crippen LogP contribution is 2.24. The molecule has 4 heteroatoms. The van der Waals surface area contributed by atoms with Crippen LogP contribution in [0.3, 0.4) is 0 Å². The molecule has 0 aliphatic heterocycles. The second kappa shape index (κ2) is 3.65. The van der Waals surface area contributed by atoms with Crippen molar-refractivity contribution in [3.05, 3.63) is 29.6 Å². The fourth-order valence-corrected chi connectivity index (χ4v) is 1.36. The van der Waals surface area contributed by atoms with Crippen molar-refractivity contribution in [1.82, 2.24) is 0 Å². The fourth-order valence-electron chi connectivity index (χ4n) is 0.984. The summed E-state index contributed by atoms with van der Waals surface area (Å²) in [5.41, 5.74) is -0.507. The highest BCUT2D eigenvalue weighted by atomic mass is 32.2. The van der Waals surface area contributed by atoms with Gasteiger partial charge in [-0.05, 0) is 49.6 Å². The first kappa shape index (κ1) is 10.5. The van der Waals surface area contributed by atoms with Crippen LogP contribution in [0.2, 0.25) is 0 Å². The zero-order chi connectivity index (χ0) is 10.1. The van der Waals surface area contributed by atoms with Crippen molar-refractivity contribution in [1.29, 1.82) is 0 Å². The van der Waals surface area contributed by atoms with E-state index in [0.717, 1.165) is 11.9 Å². The van der Waals surface area contributed by atoms with E-state index in [9.17, 15) is 9.50 Å². The summed E-state index contributed by atoms with van der Waals surface area (Å²) in [6.45, 7) is 3.21. The average molecular weight is 201 g/mol. The Morgan fingerprint density at radius 2 is 2.00 bits per heavy atom. The van der Waals surface area contributed by atoms with Crippen molar-refractivity contribution in [2.24, 2.45) is 5.14 Å². The molecule has 3 N–H and O–H groups in total. The summed E-state index contributed by atoms with van der Waals surface area (Å²) in [7, 11) is 0. The van der Waals surface area contributed by atoms with Crippen molar-refractivity contribution in [3.63, 3.8) is 0 Å². The normalized spacial score (nSPS) is 11.8. The molecular weight excluding hydrogens is 189 g/mol. The van der Waals surface area contributed by atoms with Gasteiger partial charge in [0.15, 0.2) is 0 Å².